The van der Waals surface area contributed by atoms with E-state index < -0.39 is 0 Å². The zero-order valence-corrected chi connectivity index (χ0v) is 12.2. The highest BCUT2D eigenvalue weighted by Gasteiger charge is 1.85. The van der Waals surface area contributed by atoms with Gasteiger partial charge in [0.05, 0.1) is 0 Å². The summed E-state index contributed by atoms with van der Waals surface area (Å²) in [6.07, 6.45) is 0. The lowest BCUT2D eigenvalue weighted by Gasteiger charge is -1.92. The minimum absolute atomic E-state index is 1.31. The predicted molar refractivity (Wildman–Crippen MR) is 84.1 cm³/mol. The first-order chi connectivity index (χ1) is 8.38. The molecule has 0 aliphatic heterocycles. The molecule has 0 aliphatic rings. The lowest BCUT2D eigenvalue weighted by molar-refractivity contribution is 1.50. The third-order valence-electron chi connectivity index (χ3n) is 1.66. The van der Waals surface area contributed by atoms with Crippen molar-refractivity contribution in [3.05, 3.63) is 48.5 Å². The van der Waals surface area contributed by atoms with E-state index in [4.69, 9.17) is 0 Å². The van der Waals surface area contributed by atoms with Gasteiger partial charge in [-0.15, -0.1) is 0 Å². The maximum absolute atomic E-state index is 2.12. The van der Waals surface area contributed by atoms with Crippen LogP contribution in [0.25, 0.3) is 10.8 Å². The number of fused-ring (bicyclic) bond motifs is 1. The molecule has 1 heteroatoms. The number of benzene rings is 2. The molecule has 0 unspecified atom stereocenters. The largest absolute Gasteiger partial charge is 0.102 e. The molecule has 0 bridgehead atoms. The van der Waals surface area contributed by atoms with Crippen LogP contribution < -0.4 is 0 Å². The lowest BCUT2D eigenvalue weighted by atomic mass is 9.88. The maximum atomic E-state index is 2.12. The van der Waals surface area contributed by atoms with Gasteiger partial charge in [-0.05, 0) is 10.8 Å². The van der Waals surface area contributed by atoms with Crippen LogP contribution in [0.15, 0.2) is 48.5 Å². The summed E-state index contributed by atoms with van der Waals surface area (Å²) >= 11 is 0. The van der Waals surface area contributed by atoms with Crippen LogP contribution in [0.5, 0.6) is 0 Å². The monoisotopic (exact) mass is 229 g/mol. The van der Waals surface area contributed by atoms with Crippen molar-refractivity contribution in [2.24, 2.45) is 0 Å². The molecule has 0 saturated heterocycles. The van der Waals surface area contributed by atoms with E-state index in [1.807, 2.05) is 48.6 Å². The fourth-order valence-corrected chi connectivity index (χ4v) is 1.13. The first-order valence-electron chi connectivity index (χ1n) is 6.56. The summed E-state index contributed by atoms with van der Waals surface area (Å²) in [6, 6.07) is 16.7. The van der Waals surface area contributed by atoms with Crippen LogP contribution in [0.2, 0.25) is 13.6 Å². The first-order valence-corrected chi connectivity index (χ1v) is 6.56. The Hall–Kier alpha value is -1.24. The van der Waals surface area contributed by atoms with E-state index in [0.717, 1.165) is 0 Å². The standard InChI is InChI=1S/C10H8.C2H6B.2C2H6/c1-2-6-10-8-4-3-7-9(10)5-1;1-3-2;2*1-2/h1-8H;1-2H3;2*1-2H3. The van der Waals surface area contributed by atoms with Gasteiger partial charge in [0.15, 0.2) is 0 Å². The van der Waals surface area contributed by atoms with Crippen molar-refractivity contribution in [3.63, 3.8) is 0 Å². The van der Waals surface area contributed by atoms with Crippen LogP contribution in [-0.4, -0.2) is 7.28 Å². The Morgan fingerprint density at radius 2 is 0.765 bits per heavy atom. The van der Waals surface area contributed by atoms with Gasteiger partial charge in [0, 0.05) is 0 Å². The van der Waals surface area contributed by atoms with Gasteiger partial charge in [-0.25, -0.2) is 0 Å². The van der Waals surface area contributed by atoms with Gasteiger partial charge in [-0.1, -0.05) is 89.9 Å². The van der Waals surface area contributed by atoms with Crippen LogP contribution in [0.1, 0.15) is 27.7 Å². The second-order valence-electron chi connectivity index (χ2n) is 2.92. The fraction of sp³-hybridized carbons (Fsp3) is 0.375. The zero-order valence-electron chi connectivity index (χ0n) is 12.2. The molecule has 2 rings (SSSR count). The van der Waals surface area contributed by atoms with Crippen LogP contribution in [0, 0.1) is 0 Å². The number of hydrogen-bond donors (Lipinski definition) is 0. The average molecular weight is 229 g/mol. The van der Waals surface area contributed by atoms with Gasteiger partial charge in [-0.2, -0.15) is 0 Å². The molecule has 0 amide bonds. The normalized spacial score (nSPS) is 7.41. The van der Waals surface area contributed by atoms with Gasteiger partial charge in [0.25, 0.3) is 0 Å². The smallest absolute Gasteiger partial charge is 0.0922 e. The van der Waals surface area contributed by atoms with E-state index in [2.05, 4.69) is 48.5 Å². The Bertz CT molecular complexity index is 290. The molecule has 1 radical (unpaired) electrons. The Labute approximate surface area is 108 Å². The van der Waals surface area contributed by atoms with E-state index in [1.54, 1.807) is 0 Å². The molecule has 0 aliphatic carbocycles. The summed E-state index contributed by atoms with van der Waals surface area (Å²) in [7, 11) is 2.00. The summed E-state index contributed by atoms with van der Waals surface area (Å²) in [5, 5.41) is 2.62. The molecule has 0 spiro atoms. The third-order valence-corrected chi connectivity index (χ3v) is 1.66. The first kappa shape index (κ1) is 18.1. The van der Waals surface area contributed by atoms with Crippen LogP contribution in [0.4, 0.5) is 0 Å². The molecule has 0 aromatic heterocycles. The van der Waals surface area contributed by atoms with Crippen molar-refractivity contribution in [1.29, 1.82) is 0 Å². The van der Waals surface area contributed by atoms with Crippen molar-refractivity contribution >= 4 is 18.1 Å². The molecule has 2 aromatic rings. The number of hydrogen-bond acceptors (Lipinski definition) is 0. The van der Waals surface area contributed by atoms with Crippen LogP contribution in [-0.2, 0) is 0 Å². The maximum Gasteiger partial charge on any atom is 0.102 e. The zero-order chi connectivity index (χ0) is 13.5. The summed E-state index contributed by atoms with van der Waals surface area (Å²) in [5.41, 5.74) is 0. The fourth-order valence-electron chi connectivity index (χ4n) is 1.13. The molecule has 2 aromatic carbocycles. The van der Waals surface area contributed by atoms with E-state index in [9.17, 15) is 0 Å². The molecule has 0 atom stereocenters. The van der Waals surface area contributed by atoms with Crippen molar-refractivity contribution in [2.45, 2.75) is 41.3 Å². The van der Waals surface area contributed by atoms with Crippen LogP contribution >= 0.6 is 0 Å². The van der Waals surface area contributed by atoms with E-state index in [0.29, 0.717) is 0 Å². The second kappa shape index (κ2) is 14.8. The Morgan fingerprint density at radius 3 is 0.941 bits per heavy atom. The molecule has 0 N–H and O–H groups in total. The lowest BCUT2D eigenvalue weighted by Crippen LogP contribution is -1.67. The van der Waals surface area contributed by atoms with Crippen molar-refractivity contribution in [2.75, 3.05) is 0 Å². The predicted octanol–water partition coefficient (Wildman–Crippen LogP) is 5.68. The molecule has 0 fully saturated rings. The van der Waals surface area contributed by atoms with Crippen molar-refractivity contribution < 1.29 is 0 Å². The average Bonchev–Trinajstić information content (AvgIpc) is 2.44. The van der Waals surface area contributed by atoms with E-state index >= 15 is 0 Å². The Morgan fingerprint density at radius 1 is 0.588 bits per heavy atom. The molecule has 0 heterocycles. The number of rotatable bonds is 0. The third kappa shape index (κ3) is 8.56. The minimum Gasteiger partial charge on any atom is -0.0922 e. The Kier molecular flexibility index (Phi) is 15.8. The second-order valence-corrected chi connectivity index (χ2v) is 2.92. The molecule has 17 heavy (non-hydrogen) atoms. The topological polar surface area (TPSA) is 0 Å². The summed E-state index contributed by atoms with van der Waals surface area (Å²) < 4.78 is 0. The van der Waals surface area contributed by atoms with Gasteiger partial charge in [-0.3, -0.25) is 0 Å². The highest BCUT2D eigenvalue weighted by Crippen LogP contribution is 2.11. The minimum atomic E-state index is 1.31. The van der Waals surface area contributed by atoms with Crippen LogP contribution in [0.3, 0.4) is 0 Å². The van der Waals surface area contributed by atoms with E-state index in [-0.39, 0.29) is 0 Å². The van der Waals surface area contributed by atoms with Gasteiger partial charge in [0.1, 0.15) is 7.28 Å². The highest BCUT2D eigenvalue weighted by atomic mass is 13.9. The Balaban J connectivity index is 0. The quantitative estimate of drug-likeness (QED) is 0.510. The van der Waals surface area contributed by atoms with Crippen molar-refractivity contribution in [1.82, 2.24) is 0 Å². The molecular formula is C16H26B. The van der Waals surface area contributed by atoms with Crippen molar-refractivity contribution in [3.8, 4) is 0 Å². The highest BCUT2D eigenvalue weighted by molar-refractivity contribution is 6.31. The van der Waals surface area contributed by atoms with E-state index in [1.165, 1.54) is 10.8 Å². The summed E-state index contributed by atoms with van der Waals surface area (Å²) in [5.74, 6) is 0. The molecular weight excluding hydrogens is 203 g/mol. The summed E-state index contributed by atoms with van der Waals surface area (Å²) in [6.45, 7) is 12.0. The van der Waals surface area contributed by atoms with Gasteiger partial charge in [0.2, 0.25) is 0 Å². The SMILES string of the molecule is CC.CC.C[B]C.c1ccc2ccccc2c1. The van der Waals surface area contributed by atoms with Gasteiger partial charge < -0.3 is 0 Å². The summed E-state index contributed by atoms with van der Waals surface area (Å²) in [4.78, 5) is 0. The van der Waals surface area contributed by atoms with Gasteiger partial charge >= 0.3 is 0 Å². The molecule has 0 nitrogen and oxygen atoms in total. The molecule has 0 saturated carbocycles. The molecule has 93 valence electrons.